The number of alkyl carbamates (subject to hydrolysis) is 1. The molecule has 46 heavy (non-hydrogen) atoms. The van der Waals surface area contributed by atoms with Crippen molar-refractivity contribution in [3.63, 3.8) is 0 Å². The van der Waals surface area contributed by atoms with Crippen LogP contribution in [0.3, 0.4) is 0 Å². The fraction of sp³-hybridized carbons (Fsp3) is 0.568. The van der Waals surface area contributed by atoms with Crippen LogP contribution >= 0.6 is 0 Å². The first-order valence-electron chi connectivity index (χ1n) is 16.0. The molecule has 0 heterocycles. The molecule has 9 nitrogen and oxygen atoms in total. The topological polar surface area (TPSA) is 114 Å². The molecule has 9 heteroatoms. The molecule has 0 aliphatic carbocycles. The van der Waals surface area contributed by atoms with E-state index in [9.17, 15) is 19.2 Å². The molecule has 2 aromatic rings. The molecule has 2 rings (SSSR count). The molecule has 0 aliphatic rings. The van der Waals surface area contributed by atoms with Gasteiger partial charge in [-0.2, -0.15) is 0 Å². The van der Waals surface area contributed by atoms with Gasteiger partial charge in [-0.25, -0.2) is 9.59 Å². The molecule has 0 fully saturated rings. The predicted molar refractivity (Wildman–Crippen MR) is 181 cm³/mol. The summed E-state index contributed by atoms with van der Waals surface area (Å²) in [5.41, 5.74) is 0.807. The van der Waals surface area contributed by atoms with Gasteiger partial charge in [0, 0.05) is 12.0 Å². The summed E-state index contributed by atoms with van der Waals surface area (Å²) in [4.78, 5) is 57.2. The van der Waals surface area contributed by atoms with Crippen molar-refractivity contribution in [2.45, 2.75) is 131 Å². The van der Waals surface area contributed by atoms with Crippen molar-refractivity contribution in [1.82, 2.24) is 15.5 Å². The van der Waals surface area contributed by atoms with E-state index >= 15 is 0 Å². The number of amides is 3. The highest BCUT2D eigenvalue weighted by molar-refractivity contribution is 5.94. The maximum atomic E-state index is 14.6. The Labute approximate surface area is 275 Å². The zero-order valence-corrected chi connectivity index (χ0v) is 30.0. The third-order valence-corrected chi connectivity index (χ3v) is 7.08. The number of aryl methyl sites for hydroxylation is 2. The Balaban J connectivity index is 2.69. The highest BCUT2D eigenvalue weighted by atomic mass is 16.6. The van der Waals surface area contributed by atoms with Gasteiger partial charge >= 0.3 is 12.1 Å². The van der Waals surface area contributed by atoms with Crippen molar-refractivity contribution in [1.29, 1.82) is 0 Å². The van der Waals surface area contributed by atoms with Gasteiger partial charge in [0.15, 0.2) is 0 Å². The smallest absolute Gasteiger partial charge is 0.408 e. The lowest BCUT2D eigenvalue weighted by molar-refractivity contribution is -0.159. The zero-order chi connectivity index (χ0) is 35.2. The fourth-order valence-corrected chi connectivity index (χ4v) is 5.14. The summed E-state index contributed by atoms with van der Waals surface area (Å²) in [5, 5.41) is 5.71. The number of carbonyl (C=O) groups is 4. The summed E-state index contributed by atoms with van der Waals surface area (Å²) < 4.78 is 11.2. The molecule has 3 amide bonds. The van der Waals surface area contributed by atoms with Gasteiger partial charge in [-0.05, 0) is 98.8 Å². The predicted octanol–water partition coefficient (Wildman–Crippen LogP) is 6.59. The lowest BCUT2D eigenvalue weighted by Crippen LogP contribution is -2.60. The first kappa shape index (κ1) is 38.3. The second-order valence-electron chi connectivity index (χ2n) is 15.3. The van der Waals surface area contributed by atoms with Crippen LogP contribution in [0.15, 0.2) is 48.5 Å². The van der Waals surface area contributed by atoms with E-state index in [2.05, 4.69) is 10.6 Å². The van der Waals surface area contributed by atoms with Crippen LogP contribution in [0.1, 0.15) is 104 Å². The average molecular weight is 638 g/mol. The largest absolute Gasteiger partial charge is 0.458 e. The van der Waals surface area contributed by atoms with Crippen LogP contribution in [0, 0.1) is 19.8 Å². The Hall–Kier alpha value is -3.88. The van der Waals surface area contributed by atoms with Gasteiger partial charge in [-0.1, -0.05) is 67.9 Å². The molecule has 0 saturated heterocycles. The number of rotatable bonds is 10. The normalized spacial score (nSPS) is 14.1. The molecule has 2 N–H and O–H groups in total. The Kier molecular flexibility index (Phi) is 12.6. The molecule has 2 aromatic carbocycles. The van der Waals surface area contributed by atoms with Crippen molar-refractivity contribution in [2.24, 2.45) is 5.92 Å². The Morgan fingerprint density at radius 1 is 0.783 bits per heavy atom. The van der Waals surface area contributed by atoms with Gasteiger partial charge in [0.05, 0.1) is 0 Å². The molecule has 3 atom stereocenters. The molecule has 0 radical (unpaired) electrons. The number of benzene rings is 2. The second kappa shape index (κ2) is 15.1. The zero-order valence-electron chi connectivity index (χ0n) is 30.0. The average Bonchev–Trinajstić information content (AvgIpc) is 2.87. The second-order valence-corrected chi connectivity index (χ2v) is 15.3. The Morgan fingerprint density at radius 2 is 1.35 bits per heavy atom. The van der Waals surface area contributed by atoms with E-state index in [0.29, 0.717) is 5.56 Å². The van der Waals surface area contributed by atoms with Crippen LogP contribution in [0.4, 0.5) is 4.79 Å². The maximum Gasteiger partial charge on any atom is 0.408 e. The number of hydrogen-bond acceptors (Lipinski definition) is 6. The van der Waals surface area contributed by atoms with E-state index in [1.165, 1.54) is 4.90 Å². The minimum Gasteiger partial charge on any atom is -0.458 e. The van der Waals surface area contributed by atoms with Crippen LogP contribution < -0.4 is 10.6 Å². The highest BCUT2D eigenvalue weighted by Crippen LogP contribution is 2.33. The SMILES string of the molecule is Cc1ccc(C(C(=O)NC(Cc2ccccc2)C(=O)OC(C)(C)C)N(C(=O)C(NC(=O)OC(C)(C)C)C(C)C)C(C)(C)C)c(C)c1. The number of ether oxygens (including phenoxy) is 2. The Bertz CT molecular complexity index is 1370. The Morgan fingerprint density at radius 3 is 1.83 bits per heavy atom. The summed E-state index contributed by atoms with van der Waals surface area (Å²) in [6.07, 6.45) is -0.534. The molecule has 0 bridgehead atoms. The lowest BCUT2D eigenvalue weighted by atomic mass is 9.90. The molecule has 254 valence electrons. The van der Waals surface area contributed by atoms with Gasteiger partial charge in [-0.3, -0.25) is 9.59 Å². The van der Waals surface area contributed by atoms with Gasteiger partial charge in [0.25, 0.3) is 0 Å². The van der Waals surface area contributed by atoms with Crippen molar-refractivity contribution in [3.05, 3.63) is 70.8 Å². The molecule has 0 aliphatic heterocycles. The van der Waals surface area contributed by atoms with Gasteiger partial charge in [-0.15, -0.1) is 0 Å². The number of esters is 1. The summed E-state index contributed by atoms with van der Waals surface area (Å²) in [6, 6.07) is 11.9. The van der Waals surface area contributed by atoms with Crippen molar-refractivity contribution in [3.8, 4) is 0 Å². The van der Waals surface area contributed by atoms with E-state index in [1.54, 1.807) is 41.5 Å². The first-order valence-corrected chi connectivity index (χ1v) is 16.0. The fourth-order valence-electron chi connectivity index (χ4n) is 5.14. The van der Waals surface area contributed by atoms with Gasteiger partial charge in [0.2, 0.25) is 11.8 Å². The number of nitrogens with zero attached hydrogens (tertiary/aromatic N) is 1. The number of nitrogens with one attached hydrogen (secondary N) is 2. The third kappa shape index (κ3) is 11.5. The van der Waals surface area contributed by atoms with Gasteiger partial charge in [0.1, 0.15) is 29.3 Å². The van der Waals surface area contributed by atoms with E-state index in [4.69, 9.17) is 9.47 Å². The molecular formula is C37H55N3O6. The monoisotopic (exact) mass is 637 g/mol. The molecule has 3 unspecified atom stereocenters. The molecular weight excluding hydrogens is 582 g/mol. The summed E-state index contributed by atoms with van der Waals surface area (Å²) >= 11 is 0. The third-order valence-electron chi connectivity index (χ3n) is 7.08. The standard InChI is InChI=1S/C37H55N3O6/c1-23(2)29(39-34(44)46-37(11,12)13)32(42)40(35(5,6)7)30(27-20-19-24(3)21-25(27)4)31(41)38-28(33(43)45-36(8,9)10)22-26-17-15-14-16-18-26/h14-21,23,28-30H,22H2,1-13H3,(H,38,41)(H,39,44). The number of hydrogen-bond donors (Lipinski definition) is 2. The summed E-state index contributed by atoms with van der Waals surface area (Å²) in [5.74, 6) is -1.91. The minimum atomic E-state index is -1.14. The molecule has 0 spiro atoms. The lowest BCUT2D eigenvalue weighted by Gasteiger charge is -2.44. The van der Waals surface area contributed by atoms with Crippen molar-refractivity contribution < 1.29 is 28.7 Å². The summed E-state index contributed by atoms with van der Waals surface area (Å²) in [7, 11) is 0. The first-order chi connectivity index (χ1) is 21.0. The van der Waals surface area contributed by atoms with Gasteiger partial charge < -0.3 is 25.0 Å². The highest BCUT2D eigenvalue weighted by Gasteiger charge is 2.44. The van der Waals surface area contributed by atoms with Crippen LogP contribution in [0.5, 0.6) is 0 Å². The van der Waals surface area contributed by atoms with E-state index in [0.717, 1.165) is 16.7 Å². The van der Waals surface area contributed by atoms with Crippen LogP contribution in [-0.2, 0) is 30.3 Å². The van der Waals surface area contributed by atoms with Crippen LogP contribution in [-0.4, -0.2) is 57.6 Å². The number of carbonyl (C=O) groups excluding carboxylic acids is 4. The maximum absolute atomic E-state index is 14.6. The van der Waals surface area contributed by atoms with Crippen LogP contribution in [0.25, 0.3) is 0 Å². The van der Waals surface area contributed by atoms with E-state index < -0.39 is 58.7 Å². The van der Waals surface area contributed by atoms with E-state index in [1.807, 2.05) is 97.0 Å². The minimum absolute atomic E-state index is 0.194. The van der Waals surface area contributed by atoms with Crippen molar-refractivity contribution in [2.75, 3.05) is 0 Å². The van der Waals surface area contributed by atoms with Crippen LogP contribution in [0.2, 0.25) is 0 Å². The quantitative estimate of drug-likeness (QED) is 0.284. The van der Waals surface area contributed by atoms with E-state index in [-0.39, 0.29) is 12.3 Å². The summed E-state index contributed by atoms with van der Waals surface area (Å²) in [6.45, 7) is 23.6. The van der Waals surface area contributed by atoms with Crippen molar-refractivity contribution >= 4 is 23.9 Å². The molecule has 0 aromatic heterocycles. The molecule has 0 saturated carbocycles.